The molecule has 0 spiro atoms. The Morgan fingerprint density at radius 3 is 2.70 bits per heavy atom. The average Bonchev–Trinajstić information content (AvgIpc) is 2.97. The van der Waals surface area contributed by atoms with Gasteiger partial charge in [0.15, 0.2) is 0 Å². The van der Waals surface area contributed by atoms with Gasteiger partial charge in [-0.25, -0.2) is 14.6 Å². The van der Waals surface area contributed by atoms with Gasteiger partial charge in [0.05, 0.1) is 5.69 Å². The Morgan fingerprint density at radius 2 is 1.90 bits per heavy atom. The van der Waals surface area contributed by atoms with Crippen LogP contribution in [0.2, 0.25) is 0 Å². The van der Waals surface area contributed by atoms with Crippen LogP contribution in [-0.4, -0.2) is 19.7 Å². The van der Waals surface area contributed by atoms with Gasteiger partial charge in [0.25, 0.3) is 0 Å². The van der Waals surface area contributed by atoms with Crippen LogP contribution in [0.1, 0.15) is 5.69 Å². The van der Waals surface area contributed by atoms with Crippen LogP contribution in [0.15, 0.2) is 65.0 Å². The largest absolute Gasteiger partial charge is 0.230 e. The molecular formula is C14H9N5S. The highest BCUT2D eigenvalue weighted by Gasteiger charge is 2.06. The zero-order chi connectivity index (χ0) is 13.8. The molecular weight excluding hydrogens is 270 g/mol. The van der Waals surface area contributed by atoms with Gasteiger partial charge in [-0.1, -0.05) is 24.3 Å². The van der Waals surface area contributed by atoms with Gasteiger partial charge < -0.3 is 0 Å². The first-order chi connectivity index (χ1) is 9.85. The van der Waals surface area contributed by atoms with Crippen molar-refractivity contribution in [1.82, 2.24) is 19.7 Å². The van der Waals surface area contributed by atoms with Crippen molar-refractivity contribution >= 4 is 11.8 Å². The van der Waals surface area contributed by atoms with Crippen LogP contribution in [-0.2, 0) is 0 Å². The smallest absolute Gasteiger partial charge is 0.215 e. The van der Waals surface area contributed by atoms with Crippen LogP contribution in [0, 0.1) is 11.3 Å². The molecule has 0 unspecified atom stereocenters. The molecule has 3 rings (SSSR count). The van der Waals surface area contributed by atoms with Crippen LogP contribution in [0.5, 0.6) is 0 Å². The standard InChI is InChI=1S/C14H9N5S/c15-9-11-5-4-8-13(17-11)20-14-16-10-19(18-14)12-6-2-1-3-7-12/h1-8,10H. The lowest BCUT2D eigenvalue weighted by atomic mass is 10.3. The van der Waals surface area contributed by atoms with Crippen LogP contribution >= 0.6 is 11.8 Å². The van der Waals surface area contributed by atoms with E-state index in [0.29, 0.717) is 15.9 Å². The third-order valence-corrected chi connectivity index (χ3v) is 3.33. The molecule has 0 amide bonds. The van der Waals surface area contributed by atoms with E-state index in [4.69, 9.17) is 5.26 Å². The molecule has 0 aliphatic rings. The molecule has 96 valence electrons. The van der Waals surface area contributed by atoms with Gasteiger partial charge in [-0.2, -0.15) is 5.26 Å². The Hall–Kier alpha value is -2.65. The summed E-state index contributed by atoms with van der Waals surface area (Å²) in [4.78, 5) is 8.42. The summed E-state index contributed by atoms with van der Waals surface area (Å²) >= 11 is 1.33. The second kappa shape index (κ2) is 5.55. The number of hydrogen-bond acceptors (Lipinski definition) is 5. The van der Waals surface area contributed by atoms with Gasteiger partial charge in [0.2, 0.25) is 5.16 Å². The van der Waals surface area contributed by atoms with Crippen molar-refractivity contribution in [1.29, 1.82) is 5.26 Å². The highest BCUT2D eigenvalue weighted by Crippen LogP contribution is 2.22. The zero-order valence-electron chi connectivity index (χ0n) is 10.3. The van der Waals surface area contributed by atoms with E-state index >= 15 is 0 Å². The molecule has 0 saturated carbocycles. The molecule has 0 aliphatic heterocycles. The number of rotatable bonds is 3. The monoisotopic (exact) mass is 279 g/mol. The molecule has 0 aliphatic carbocycles. The first-order valence-electron chi connectivity index (χ1n) is 5.87. The average molecular weight is 279 g/mol. The Balaban J connectivity index is 1.83. The Labute approximate surface area is 119 Å². The maximum Gasteiger partial charge on any atom is 0.215 e. The van der Waals surface area contributed by atoms with E-state index < -0.39 is 0 Å². The van der Waals surface area contributed by atoms with Gasteiger partial charge in [-0.15, -0.1) is 5.10 Å². The minimum absolute atomic E-state index is 0.387. The molecule has 2 aromatic heterocycles. The van der Waals surface area contributed by atoms with Crippen molar-refractivity contribution in [3.8, 4) is 11.8 Å². The molecule has 0 radical (unpaired) electrons. The summed E-state index contributed by atoms with van der Waals surface area (Å²) in [6.45, 7) is 0. The van der Waals surface area contributed by atoms with Crippen LogP contribution in [0.4, 0.5) is 0 Å². The molecule has 0 N–H and O–H groups in total. The summed E-state index contributed by atoms with van der Waals surface area (Å²) in [6.07, 6.45) is 1.66. The highest BCUT2D eigenvalue weighted by molar-refractivity contribution is 7.99. The zero-order valence-corrected chi connectivity index (χ0v) is 11.2. The minimum Gasteiger partial charge on any atom is -0.230 e. The van der Waals surface area contributed by atoms with Gasteiger partial charge >= 0.3 is 0 Å². The summed E-state index contributed by atoms with van der Waals surface area (Å²) in [5, 5.41) is 14.5. The molecule has 6 heteroatoms. The predicted octanol–water partition coefficient (Wildman–Crippen LogP) is 2.69. The lowest BCUT2D eigenvalue weighted by Gasteiger charge is -1.98. The molecule has 0 bridgehead atoms. The fourth-order valence-corrected chi connectivity index (χ4v) is 2.33. The van der Waals surface area contributed by atoms with Gasteiger partial charge in [-0.05, 0) is 36.0 Å². The molecule has 0 fully saturated rings. The van der Waals surface area contributed by atoms with Gasteiger partial charge in [0, 0.05) is 0 Å². The quantitative estimate of drug-likeness (QED) is 0.737. The predicted molar refractivity (Wildman–Crippen MR) is 74.4 cm³/mol. The van der Waals surface area contributed by atoms with Crippen LogP contribution < -0.4 is 0 Å². The topological polar surface area (TPSA) is 67.4 Å². The molecule has 0 saturated heterocycles. The number of hydrogen-bond donors (Lipinski definition) is 0. The van der Waals surface area contributed by atoms with Crippen molar-refractivity contribution in [3.05, 3.63) is 60.6 Å². The van der Waals surface area contributed by atoms with E-state index in [1.165, 1.54) is 11.8 Å². The van der Waals surface area contributed by atoms with Gasteiger partial charge in [0.1, 0.15) is 23.1 Å². The number of nitrogens with zero attached hydrogens (tertiary/aromatic N) is 5. The molecule has 1 aromatic carbocycles. The van der Waals surface area contributed by atoms with Crippen molar-refractivity contribution in [3.63, 3.8) is 0 Å². The summed E-state index contributed by atoms with van der Waals surface area (Å²) in [7, 11) is 0. The first-order valence-corrected chi connectivity index (χ1v) is 6.69. The number of aromatic nitrogens is 4. The second-order valence-corrected chi connectivity index (χ2v) is 4.87. The van der Waals surface area contributed by atoms with E-state index in [1.54, 1.807) is 23.1 Å². The highest BCUT2D eigenvalue weighted by atomic mass is 32.2. The van der Waals surface area contributed by atoms with Crippen molar-refractivity contribution < 1.29 is 0 Å². The lowest BCUT2D eigenvalue weighted by molar-refractivity contribution is 0.833. The van der Waals surface area contributed by atoms with E-state index in [0.717, 1.165) is 5.69 Å². The second-order valence-electron chi connectivity index (χ2n) is 3.88. The fourth-order valence-electron chi connectivity index (χ4n) is 1.63. The number of para-hydroxylation sites is 1. The van der Waals surface area contributed by atoms with Crippen molar-refractivity contribution in [2.75, 3.05) is 0 Å². The summed E-state index contributed by atoms with van der Waals surface area (Å²) < 4.78 is 1.70. The number of nitriles is 1. The molecule has 5 nitrogen and oxygen atoms in total. The maximum atomic E-state index is 8.82. The fraction of sp³-hybridized carbons (Fsp3) is 0. The Bertz CT molecular complexity index is 760. The van der Waals surface area contributed by atoms with E-state index in [-0.39, 0.29) is 0 Å². The lowest BCUT2D eigenvalue weighted by Crippen LogP contribution is -1.93. The third-order valence-electron chi connectivity index (χ3n) is 2.53. The van der Waals surface area contributed by atoms with Gasteiger partial charge in [-0.3, -0.25) is 0 Å². The van der Waals surface area contributed by atoms with Crippen molar-refractivity contribution in [2.45, 2.75) is 10.2 Å². The van der Waals surface area contributed by atoms with Crippen molar-refractivity contribution in [2.24, 2.45) is 0 Å². The summed E-state index contributed by atoms with van der Waals surface area (Å²) in [5.74, 6) is 0. The van der Waals surface area contributed by atoms with E-state index in [1.807, 2.05) is 42.5 Å². The molecule has 0 atom stereocenters. The summed E-state index contributed by atoms with van der Waals surface area (Å²) in [5.41, 5.74) is 1.34. The SMILES string of the molecule is N#Cc1cccc(Sc2ncn(-c3ccccc3)n2)n1. The molecule has 20 heavy (non-hydrogen) atoms. The van der Waals surface area contributed by atoms with Crippen LogP contribution in [0.25, 0.3) is 5.69 Å². The minimum atomic E-state index is 0.387. The first kappa shape index (κ1) is 12.4. The Kier molecular flexibility index (Phi) is 3.44. The number of benzene rings is 1. The molecule has 3 aromatic rings. The summed E-state index contributed by atoms with van der Waals surface area (Å²) in [6, 6.07) is 17.1. The maximum absolute atomic E-state index is 8.82. The number of pyridine rings is 1. The molecule has 2 heterocycles. The van der Waals surface area contributed by atoms with E-state index in [9.17, 15) is 0 Å². The third kappa shape index (κ3) is 2.68. The Morgan fingerprint density at radius 1 is 1.05 bits per heavy atom. The van der Waals surface area contributed by atoms with Crippen LogP contribution in [0.3, 0.4) is 0 Å². The van der Waals surface area contributed by atoms with E-state index in [2.05, 4.69) is 15.1 Å². The normalized spacial score (nSPS) is 10.2.